The topological polar surface area (TPSA) is 26.0 Å². The average Bonchev–Trinajstić information content (AvgIpc) is 2.28. The first-order valence-corrected chi connectivity index (χ1v) is 6.28. The van der Waals surface area contributed by atoms with Gasteiger partial charge in [-0.1, -0.05) is 31.2 Å². The molecule has 1 atom stereocenters. The van der Waals surface area contributed by atoms with E-state index in [1.807, 2.05) is 26.0 Å². The number of nitrogens with two attached hydrogens (primary N) is 1. The molecule has 1 rings (SSSR count). The molecule has 0 bridgehead atoms. The molecule has 2 heteroatoms. The maximum absolute atomic E-state index is 12.8. The second-order valence-electron chi connectivity index (χ2n) is 4.93. The molecule has 0 fully saturated rings. The summed E-state index contributed by atoms with van der Waals surface area (Å²) < 4.78 is 12.8. The Kier molecular flexibility index (Phi) is 5.14. The normalized spacial score (nSPS) is 14.0. The Balaban J connectivity index is 2.66. The predicted molar refractivity (Wildman–Crippen MR) is 75.8 cm³/mol. The van der Waals surface area contributed by atoms with Crippen LogP contribution in [0, 0.1) is 5.82 Å². The molecule has 0 aliphatic rings. The minimum atomic E-state index is -0.189. The molecule has 18 heavy (non-hydrogen) atoms. The van der Waals surface area contributed by atoms with Crippen molar-refractivity contribution >= 4 is 0 Å². The number of allylic oxidation sites excluding steroid dienone is 3. The van der Waals surface area contributed by atoms with E-state index in [-0.39, 0.29) is 5.82 Å². The maximum atomic E-state index is 12.8. The van der Waals surface area contributed by atoms with Crippen molar-refractivity contribution in [2.45, 2.75) is 39.5 Å². The molecule has 0 heterocycles. The monoisotopic (exact) mass is 247 g/mol. The van der Waals surface area contributed by atoms with Crippen molar-refractivity contribution in [2.75, 3.05) is 0 Å². The van der Waals surface area contributed by atoms with Gasteiger partial charge in [0.15, 0.2) is 0 Å². The zero-order valence-electron chi connectivity index (χ0n) is 11.5. The quantitative estimate of drug-likeness (QED) is 0.761. The maximum Gasteiger partial charge on any atom is 0.123 e. The van der Waals surface area contributed by atoms with Crippen LogP contribution in [0.4, 0.5) is 4.39 Å². The second kappa shape index (κ2) is 6.39. The highest BCUT2D eigenvalue weighted by atomic mass is 19.1. The molecule has 98 valence electrons. The molecule has 1 nitrogen and oxygen atoms in total. The number of benzene rings is 1. The Bertz CT molecular complexity index is 439. The van der Waals surface area contributed by atoms with Gasteiger partial charge in [0.1, 0.15) is 5.82 Å². The highest BCUT2D eigenvalue weighted by Crippen LogP contribution is 2.25. The molecule has 0 spiro atoms. The molecular formula is C16H22FN. The summed E-state index contributed by atoms with van der Waals surface area (Å²) in [6.07, 6.45) is 1.90. The molecule has 0 radical (unpaired) electrons. The minimum absolute atomic E-state index is 0.189. The summed E-state index contributed by atoms with van der Waals surface area (Å²) in [4.78, 5) is 0. The Labute approximate surface area is 109 Å². The van der Waals surface area contributed by atoms with Crippen molar-refractivity contribution in [1.82, 2.24) is 0 Å². The Morgan fingerprint density at radius 3 is 2.28 bits per heavy atom. The van der Waals surface area contributed by atoms with Crippen LogP contribution in [0.3, 0.4) is 0 Å². The van der Waals surface area contributed by atoms with Gasteiger partial charge in [0.05, 0.1) is 0 Å². The van der Waals surface area contributed by atoms with Gasteiger partial charge in [-0.25, -0.2) is 4.39 Å². The minimum Gasteiger partial charge on any atom is -0.402 e. The molecule has 2 N–H and O–H groups in total. The average molecular weight is 247 g/mol. The predicted octanol–water partition coefficient (Wildman–Crippen LogP) is 4.52. The second-order valence-corrected chi connectivity index (χ2v) is 4.93. The van der Waals surface area contributed by atoms with E-state index in [0.717, 1.165) is 35.2 Å². The molecule has 1 aromatic rings. The highest BCUT2D eigenvalue weighted by Gasteiger charge is 2.08. The number of hydrogen-bond donors (Lipinski definition) is 1. The van der Waals surface area contributed by atoms with E-state index in [2.05, 4.69) is 13.5 Å². The highest BCUT2D eigenvalue weighted by molar-refractivity contribution is 5.30. The molecule has 0 amide bonds. The van der Waals surface area contributed by atoms with E-state index >= 15 is 0 Å². The van der Waals surface area contributed by atoms with E-state index in [1.54, 1.807) is 0 Å². The summed E-state index contributed by atoms with van der Waals surface area (Å²) >= 11 is 0. The largest absolute Gasteiger partial charge is 0.402 e. The molecule has 1 aromatic carbocycles. The van der Waals surface area contributed by atoms with Crippen LogP contribution < -0.4 is 5.73 Å². The summed E-state index contributed by atoms with van der Waals surface area (Å²) in [5, 5.41) is 0. The van der Waals surface area contributed by atoms with E-state index in [9.17, 15) is 4.39 Å². The molecule has 1 unspecified atom stereocenters. The first-order chi connectivity index (χ1) is 8.41. The van der Waals surface area contributed by atoms with Crippen LogP contribution in [0.1, 0.15) is 45.1 Å². The third kappa shape index (κ3) is 4.02. The van der Waals surface area contributed by atoms with Crippen LogP contribution in [-0.2, 0) is 0 Å². The fraction of sp³-hybridized carbons (Fsp3) is 0.375. The van der Waals surface area contributed by atoms with Crippen molar-refractivity contribution in [2.24, 2.45) is 5.73 Å². The number of rotatable bonds is 5. The molecule has 0 aliphatic carbocycles. The molecular weight excluding hydrogens is 225 g/mol. The summed E-state index contributed by atoms with van der Waals surface area (Å²) in [5.41, 5.74) is 10.0. The Morgan fingerprint density at radius 1 is 1.28 bits per heavy atom. The van der Waals surface area contributed by atoms with E-state index in [0.29, 0.717) is 5.92 Å². The van der Waals surface area contributed by atoms with Crippen LogP contribution in [0.5, 0.6) is 0 Å². The summed E-state index contributed by atoms with van der Waals surface area (Å²) in [6.45, 7) is 9.99. The fourth-order valence-corrected chi connectivity index (χ4v) is 2.07. The van der Waals surface area contributed by atoms with Gasteiger partial charge in [-0.15, -0.1) is 0 Å². The van der Waals surface area contributed by atoms with Crippen molar-refractivity contribution < 1.29 is 4.39 Å². The molecule has 0 aromatic heterocycles. The van der Waals surface area contributed by atoms with E-state index in [1.165, 1.54) is 12.1 Å². The van der Waals surface area contributed by atoms with E-state index in [4.69, 9.17) is 5.73 Å². The van der Waals surface area contributed by atoms with E-state index < -0.39 is 0 Å². The van der Waals surface area contributed by atoms with Gasteiger partial charge in [0.2, 0.25) is 0 Å². The van der Waals surface area contributed by atoms with Crippen LogP contribution in [-0.4, -0.2) is 0 Å². The van der Waals surface area contributed by atoms with Gasteiger partial charge < -0.3 is 5.73 Å². The summed E-state index contributed by atoms with van der Waals surface area (Å²) in [5.74, 6) is 0.200. The van der Waals surface area contributed by atoms with Crippen molar-refractivity contribution in [3.05, 3.63) is 59.1 Å². The summed E-state index contributed by atoms with van der Waals surface area (Å²) in [6, 6.07) is 6.71. The molecule has 0 aliphatic heterocycles. The molecule has 0 saturated heterocycles. The van der Waals surface area contributed by atoms with Gasteiger partial charge in [-0.3, -0.25) is 0 Å². The van der Waals surface area contributed by atoms with Gasteiger partial charge >= 0.3 is 0 Å². The van der Waals surface area contributed by atoms with Crippen molar-refractivity contribution in [3.8, 4) is 0 Å². The first-order valence-electron chi connectivity index (χ1n) is 6.28. The fourth-order valence-electron chi connectivity index (χ4n) is 2.07. The third-order valence-electron chi connectivity index (χ3n) is 3.26. The van der Waals surface area contributed by atoms with Crippen molar-refractivity contribution in [1.29, 1.82) is 0 Å². The smallest absolute Gasteiger partial charge is 0.123 e. The summed E-state index contributed by atoms with van der Waals surface area (Å²) in [7, 11) is 0. The zero-order chi connectivity index (χ0) is 13.7. The lowest BCUT2D eigenvalue weighted by molar-refractivity contribution is 0.622. The lowest BCUT2D eigenvalue weighted by atomic mass is 9.92. The van der Waals surface area contributed by atoms with Crippen molar-refractivity contribution in [3.63, 3.8) is 0 Å². The SMILES string of the molecule is C=C(C)/C(CCC(C)c1ccc(F)cc1)=C(\C)N. The van der Waals surface area contributed by atoms with Gasteiger partial charge in [0.25, 0.3) is 0 Å². The standard InChI is InChI=1S/C16H22FN/c1-11(2)16(13(4)18)10-5-12(3)14-6-8-15(17)9-7-14/h6-9,12H,1,5,10,18H2,2-4H3/b16-13+. The first kappa shape index (κ1) is 14.5. The third-order valence-corrected chi connectivity index (χ3v) is 3.26. The van der Waals surface area contributed by atoms with Gasteiger partial charge in [-0.2, -0.15) is 0 Å². The molecule has 0 saturated carbocycles. The Morgan fingerprint density at radius 2 is 1.83 bits per heavy atom. The number of halogens is 1. The lowest BCUT2D eigenvalue weighted by Gasteiger charge is -2.15. The lowest BCUT2D eigenvalue weighted by Crippen LogP contribution is -2.02. The van der Waals surface area contributed by atoms with Crippen LogP contribution in [0.2, 0.25) is 0 Å². The number of hydrogen-bond acceptors (Lipinski definition) is 1. The van der Waals surface area contributed by atoms with Gasteiger partial charge in [0, 0.05) is 5.70 Å². The van der Waals surface area contributed by atoms with Crippen LogP contribution in [0.25, 0.3) is 0 Å². The van der Waals surface area contributed by atoms with Gasteiger partial charge in [-0.05, 0) is 55.9 Å². The van der Waals surface area contributed by atoms with Crippen LogP contribution >= 0.6 is 0 Å². The van der Waals surface area contributed by atoms with Crippen LogP contribution in [0.15, 0.2) is 47.7 Å². The zero-order valence-corrected chi connectivity index (χ0v) is 11.5. The Hall–Kier alpha value is -1.57.